The summed E-state index contributed by atoms with van der Waals surface area (Å²) in [7, 11) is 0. The van der Waals surface area contributed by atoms with E-state index >= 15 is 0 Å². The monoisotopic (exact) mass is 234 g/mol. The van der Waals surface area contributed by atoms with Gasteiger partial charge in [-0.3, -0.25) is 0 Å². The predicted octanol–water partition coefficient (Wildman–Crippen LogP) is 3.30. The second kappa shape index (κ2) is 3.29. The Bertz CT molecular complexity index is 131. The van der Waals surface area contributed by atoms with Crippen LogP contribution in [0, 0.1) is 11.3 Å². The Labute approximate surface area is 81.6 Å². The van der Waals surface area contributed by atoms with Crippen LogP contribution in [0.5, 0.6) is 0 Å². The van der Waals surface area contributed by atoms with Crippen LogP contribution in [-0.2, 0) is 0 Å². The van der Waals surface area contributed by atoms with Crippen LogP contribution in [0.1, 0.15) is 25.7 Å². The largest absolute Gasteiger partial charge is 0.162 e. The van der Waals surface area contributed by atoms with Gasteiger partial charge in [-0.2, -0.15) is 11.8 Å². The minimum atomic E-state index is 0.740. The van der Waals surface area contributed by atoms with Gasteiger partial charge in [0.05, 0.1) is 0 Å². The van der Waals surface area contributed by atoms with Crippen molar-refractivity contribution in [2.24, 2.45) is 11.3 Å². The minimum Gasteiger partial charge on any atom is -0.162 e. The van der Waals surface area contributed by atoms with E-state index in [1.165, 1.54) is 42.5 Å². The maximum atomic E-state index is 3.68. The molecule has 0 nitrogen and oxygen atoms in total. The van der Waals surface area contributed by atoms with Crippen LogP contribution in [0.2, 0.25) is 0 Å². The van der Waals surface area contributed by atoms with Gasteiger partial charge in [-0.05, 0) is 42.1 Å². The molecule has 1 heterocycles. The summed E-state index contributed by atoms with van der Waals surface area (Å²) in [5.41, 5.74) is 0.740. The molecule has 11 heavy (non-hydrogen) atoms. The molecule has 0 spiro atoms. The Morgan fingerprint density at radius 3 is 2.64 bits per heavy atom. The first kappa shape index (κ1) is 8.43. The lowest BCUT2D eigenvalue weighted by Gasteiger charge is -2.45. The van der Waals surface area contributed by atoms with Crippen LogP contribution < -0.4 is 0 Å². The zero-order valence-electron chi connectivity index (χ0n) is 6.81. The van der Waals surface area contributed by atoms with Crippen molar-refractivity contribution in [2.75, 3.05) is 16.8 Å². The van der Waals surface area contributed by atoms with E-state index in [1.54, 1.807) is 0 Å². The Morgan fingerprint density at radius 1 is 1.45 bits per heavy atom. The summed E-state index contributed by atoms with van der Waals surface area (Å²) in [4.78, 5) is 0. The molecule has 2 aliphatic rings. The van der Waals surface area contributed by atoms with Gasteiger partial charge in [-0.25, -0.2) is 0 Å². The third-order valence-corrected chi connectivity index (χ3v) is 5.69. The first-order valence-corrected chi connectivity index (χ1v) is 6.79. The first-order valence-electron chi connectivity index (χ1n) is 4.51. The maximum absolute atomic E-state index is 3.68. The van der Waals surface area contributed by atoms with E-state index in [2.05, 4.69) is 27.7 Å². The van der Waals surface area contributed by atoms with E-state index in [-0.39, 0.29) is 0 Å². The molecule has 0 amide bonds. The van der Waals surface area contributed by atoms with Crippen molar-refractivity contribution in [3.8, 4) is 0 Å². The predicted molar refractivity (Wildman–Crippen MR) is 55.5 cm³/mol. The van der Waals surface area contributed by atoms with Gasteiger partial charge in [0.1, 0.15) is 0 Å². The molecule has 0 aromatic heterocycles. The Kier molecular flexibility index (Phi) is 2.52. The lowest BCUT2D eigenvalue weighted by atomic mass is 9.62. The maximum Gasteiger partial charge on any atom is 0.00909 e. The molecule has 0 bridgehead atoms. The highest BCUT2D eigenvalue weighted by atomic mass is 79.9. The lowest BCUT2D eigenvalue weighted by molar-refractivity contribution is 0.0944. The summed E-state index contributed by atoms with van der Waals surface area (Å²) >= 11 is 5.84. The van der Waals surface area contributed by atoms with Gasteiger partial charge in [-0.15, -0.1) is 0 Å². The summed E-state index contributed by atoms with van der Waals surface area (Å²) in [6.07, 6.45) is 5.94. The molecule has 64 valence electrons. The summed E-state index contributed by atoms with van der Waals surface area (Å²) in [6.45, 7) is 0. The van der Waals surface area contributed by atoms with Crippen LogP contribution in [0.3, 0.4) is 0 Å². The van der Waals surface area contributed by atoms with Gasteiger partial charge in [-0.1, -0.05) is 22.4 Å². The molecule has 1 aliphatic heterocycles. The molecule has 1 unspecified atom stereocenters. The lowest BCUT2D eigenvalue weighted by Crippen LogP contribution is -2.39. The van der Waals surface area contributed by atoms with E-state index in [1.807, 2.05) is 0 Å². The van der Waals surface area contributed by atoms with Crippen LogP contribution in [0.25, 0.3) is 0 Å². The fourth-order valence-electron chi connectivity index (χ4n) is 2.30. The fraction of sp³-hybridized carbons (Fsp3) is 1.00. The van der Waals surface area contributed by atoms with Gasteiger partial charge in [0.15, 0.2) is 0 Å². The number of hydrogen-bond acceptors (Lipinski definition) is 1. The molecule has 1 aliphatic carbocycles. The van der Waals surface area contributed by atoms with Gasteiger partial charge < -0.3 is 0 Å². The fourth-order valence-corrected chi connectivity index (χ4v) is 4.74. The molecular weight excluding hydrogens is 220 g/mol. The van der Waals surface area contributed by atoms with Gasteiger partial charge in [0, 0.05) is 5.33 Å². The number of thioether (sulfide) groups is 1. The quantitative estimate of drug-likeness (QED) is 0.662. The number of halogens is 1. The molecule has 0 aromatic rings. The van der Waals surface area contributed by atoms with E-state index in [4.69, 9.17) is 0 Å². The van der Waals surface area contributed by atoms with Gasteiger partial charge in [0.25, 0.3) is 0 Å². The molecule has 1 saturated carbocycles. The van der Waals surface area contributed by atoms with Crippen molar-refractivity contribution in [3.05, 3.63) is 0 Å². The molecule has 2 rings (SSSR count). The second-order valence-electron chi connectivity index (χ2n) is 3.91. The topological polar surface area (TPSA) is 0 Å². The van der Waals surface area contributed by atoms with E-state index in [9.17, 15) is 0 Å². The van der Waals surface area contributed by atoms with E-state index in [0.29, 0.717) is 0 Å². The first-order chi connectivity index (χ1) is 5.37. The Balaban J connectivity index is 1.99. The summed E-state index contributed by atoms with van der Waals surface area (Å²) in [5.74, 6) is 3.89. The second-order valence-corrected chi connectivity index (χ2v) is 5.62. The van der Waals surface area contributed by atoms with E-state index < -0.39 is 0 Å². The molecule has 2 fully saturated rings. The van der Waals surface area contributed by atoms with Crippen molar-refractivity contribution in [1.82, 2.24) is 0 Å². The summed E-state index contributed by atoms with van der Waals surface area (Å²) in [5, 5.41) is 1.26. The van der Waals surface area contributed by atoms with Gasteiger partial charge in [0.2, 0.25) is 0 Å². The summed E-state index contributed by atoms with van der Waals surface area (Å²) in [6, 6.07) is 0. The van der Waals surface area contributed by atoms with Crippen LogP contribution in [-0.4, -0.2) is 16.8 Å². The highest BCUT2D eigenvalue weighted by Gasteiger charge is 2.43. The van der Waals surface area contributed by atoms with Gasteiger partial charge >= 0.3 is 0 Å². The Morgan fingerprint density at radius 2 is 2.27 bits per heavy atom. The zero-order chi connectivity index (χ0) is 7.73. The van der Waals surface area contributed by atoms with Crippen LogP contribution in [0.4, 0.5) is 0 Å². The molecule has 2 heteroatoms. The average Bonchev–Trinajstić information content (AvgIpc) is 2.39. The molecular formula is C9H15BrS. The Hall–Kier alpha value is 0.830. The number of hydrogen-bond donors (Lipinski definition) is 0. The van der Waals surface area contributed by atoms with Crippen molar-refractivity contribution < 1.29 is 0 Å². The SMILES string of the molecule is BrCC1(C2CCSC2)CCC1. The standard InChI is InChI=1S/C9H15BrS/c10-7-9(3-1-4-9)8-2-5-11-6-8/h8H,1-7H2. The number of alkyl halides is 1. The molecule has 0 N–H and O–H groups in total. The highest BCUT2D eigenvalue weighted by molar-refractivity contribution is 9.09. The zero-order valence-corrected chi connectivity index (χ0v) is 9.22. The molecule has 1 atom stereocenters. The number of rotatable bonds is 2. The molecule has 1 saturated heterocycles. The van der Waals surface area contributed by atoms with E-state index in [0.717, 1.165) is 11.3 Å². The third kappa shape index (κ3) is 1.37. The normalized spacial score (nSPS) is 35.2. The molecule has 0 aromatic carbocycles. The van der Waals surface area contributed by atoms with Crippen LogP contribution in [0.15, 0.2) is 0 Å². The summed E-state index contributed by atoms with van der Waals surface area (Å²) < 4.78 is 0. The van der Waals surface area contributed by atoms with Crippen molar-refractivity contribution in [2.45, 2.75) is 25.7 Å². The highest BCUT2D eigenvalue weighted by Crippen LogP contribution is 2.52. The average molecular weight is 235 g/mol. The van der Waals surface area contributed by atoms with Crippen molar-refractivity contribution >= 4 is 27.7 Å². The minimum absolute atomic E-state index is 0.740. The van der Waals surface area contributed by atoms with Crippen molar-refractivity contribution in [3.63, 3.8) is 0 Å². The van der Waals surface area contributed by atoms with Crippen molar-refractivity contribution in [1.29, 1.82) is 0 Å². The van der Waals surface area contributed by atoms with Crippen LogP contribution >= 0.6 is 27.7 Å². The molecule has 0 radical (unpaired) electrons. The third-order valence-electron chi connectivity index (χ3n) is 3.41. The smallest absolute Gasteiger partial charge is 0.00909 e.